The lowest BCUT2D eigenvalue weighted by atomic mass is 10.2. The number of nitrogens with one attached hydrogen (secondary N) is 2. The summed E-state index contributed by atoms with van der Waals surface area (Å²) in [7, 11) is -1.10. The van der Waals surface area contributed by atoms with Crippen molar-refractivity contribution in [1.82, 2.24) is 33.7 Å². The molecule has 0 aliphatic heterocycles. The van der Waals surface area contributed by atoms with Crippen molar-refractivity contribution in [1.29, 1.82) is 0 Å². The Morgan fingerprint density at radius 2 is 1.54 bits per heavy atom. The molecule has 6 rings (SSSR count). The molecule has 15 nitrogen and oxygen atoms in total. The number of hydrogen-bond acceptors (Lipinski definition) is 9. The summed E-state index contributed by atoms with van der Waals surface area (Å²) in [5, 5.41) is 13.8. The molecule has 3 heterocycles. The molecule has 2 saturated carbocycles. The molecule has 0 radical (unpaired) electrons. The van der Waals surface area contributed by atoms with E-state index in [1.807, 2.05) is 0 Å². The van der Waals surface area contributed by atoms with E-state index in [1.165, 1.54) is 18.8 Å². The Morgan fingerprint density at radius 1 is 0.951 bits per heavy atom. The van der Waals surface area contributed by atoms with E-state index >= 15 is 0 Å². The van der Waals surface area contributed by atoms with Gasteiger partial charge in [-0.2, -0.15) is 4.98 Å². The van der Waals surface area contributed by atoms with E-state index in [-0.39, 0.29) is 46.5 Å². The number of carbonyl (C=O) groups excluding carboxylic acids is 2. The quantitative estimate of drug-likeness (QED) is 0.292. The van der Waals surface area contributed by atoms with Crippen LogP contribution in [0.3, 0.4) is 0 Å². The topological polar surface area (TPSA) is 185 Å². The van der Waals surface area contributed by atoms with E-state index in [4.69, 9.17) is 0 Å². The number of aromatic nitrogens is 7. The number of imidazole rings is 1. The number of rotatable bonds is 8. The predicted molar refractivity (Wildman–Crippen MR) is 146 cm³/mol. The van der Waals surface area contributed by atoms with Crippen molar-refractivity contribution in [3.8, 4) is 5.69 Å². The van der Waals surface area contributed by atoms with Crippen LogP contribution in [0.2, 0.25) is 0 Å². The highest BCUT2D eigenvalue weighted by Crippen LogP contribution is 2.33. The summed E-state index contributed by atoms with van der Waals surface area (Å²) in [6.07, 6.45) is 5.87. The van der Waals surface area contributed by atoms with Gasteiger partial charge in [-0.3, -0.25) is 23.5 Å². The average molecular weight is 582 g/mol. The lowest BCUT2D eigenvalue weighted by molar-refractivity contribution is -0.118. The summed E-state index contributed by atoms with van der Waals surface area (Å²) in [5.74, 6) is -0.230. The number of anilines is 2. The summed E-state index contributed by atoms with van der Waals surface area (Å²) in [6, 6.07) is 5.07. The first-order chi connectivity index (χ1) is 19.4. The Kier molecular flexibility index (Phi) is 6.17. The van der Waals surface area contributed by atoms with Gasteiger partial charge in [0, 0.05) is 43.6 Å². The Hall–Kier alpha value is -4.60. The van der Waals surface area contributed by atoms with Gasteiger partial charge in [0.15, 0.2) is 11.2 Å². The number of amides is 2. The lowest BCUT2D eigenvalue weighted by Crippen LogP contribution is -2.39. The summed E-state index contributed by atoms with van der Waals surface area (Å²) >= 11 is 0. The highest BCUT2D eigenvalue weighted by molar-refractivity contribution is 7.90. The number of benzene rings is 1. The van der Waals surface area contributed by atoms with Crippen molar-refractivity contribution in [2.75, 3.05) is 16.9 Å². The molecule has 0 unspecified atom stereocenters. The summed E-state index contributed by atoms with van der Waals surface area (Å²) in [6.45, 7) is -0.160. The first kappa shape index (κ1) is 26.6. The number of carbonyl (C=O) groups is 2. The maximum Gasteiger partial charge on any atom is 0.332 e. The first-order valence-corrected chi connectivity index (χ1v) is 14.8. The third-order valence-corrected chi connectivity index (χ3v) is 8.15. The minimum atomic E-state index is -3.79. The molecular weight excluding hydrogens is 554 g/mol. The van der Waals surface area contributed by atoms with Gasteiger partial charge in [-0.05, 0) is 43.9 Å². The maximum atomic E-state index is 13.1. The number of fused-ring (bicyclic) bond motifs is 1. The van der Waals surface area contributed by atoms with Crippen molar-refractivity contribution in [3.05, 3.63) is 50.9 Å². The molecule has 16 heteroatoms. The zero-order valence-electron chi connectivity index (χ0n) is 22.5. The van der Waals surface area contributed by atoms with Gasteiger partial charge < -0.3 is 15.2 Å². The first-order valence-electron chi connectivity index (χ1n) is 13.0. The van der Waals surface area contributed by atoms with Crippen molar-refractivity contribution < 1.29 is 18.0 Å². The van der Waals surface area contributed by atoms with Crippen molar-refractivity contribution in [2.24, 2.45) is 25.9 Å². The van der Waals surface area contributed by atoms with Crippen LogP contribution in [0, 0.1) is 11.8 Å². The van der Waals surface area contributed by atoms with Crippen molar-refractivity contribution in [3.63, 3.8) is 0 Å². The fraction of sp³-hybridized carbons (Fsp3) is 0.400. The van der Waals surface area contributed by atoms with Crippen LogP contribution in [0.5, 0.6) is 0 Å². The molecule has 0 atom stereocenters. The normalized spacial score (nSPS) is 15.3. The molecule has 0 spiro atoms. The van der Waals surface area contributed by atoms with Gasteiger partial charge in [0.05, 0.1) is 18.4 Å². The molecule has 0 bridgehead atoms. The van der Waals surface area contributed by atoms with Crippen LogP contribution in [0.4, 0.5) is 11.4 Å². The van der Waals surface area contributed by atoms with Gasteiger partial charge in [-0.15, -0.1) is 5.10 Å². The van der Waals surface area contributed by atoms with E-state index in [0.717, 1.165) is 45.6 Å². The Labute approximate surface area is 232 Å². The Balaban J connectivity index is 1.37. The second-order valence-corrected chi connectivity index (χ2v) is 12.5. The Morgan fingerprint density at radius 3 is 2.07 bits per heavy atom. The zero-order chi connectivity index (χ0) is 29.2. The molecule has 4 aromatic rings. The lowest BCUT2D eigenvalue weighted by Gasteiger charge is -2.12. The summed E-state index contributed by atoms with van der Waals surface area (Å²) in [4.78, 5) is 54.8. The monoisotopic (exact) mass is 581 g/mol. The highest BCUT2D eigenvalue weighted by atomic mass is 32.2. The third-order valence-electron chi connectivity index (χ3n) is 7.12. The van der Waals surface area contributed by atoms with Gasteiger partial charge in [-0.25, -0.2) is 17.9 Å². The summed E-state index contributed by atoms with van der Waals surface area (Å²) < 4.78 is 29.1. The maximum absolute atomic E-state index is 13.1. The molecule has 2 amide bonds. The van der Waals surface area contributed by atoms with Crippen LogP contribution >= 0.6 is 0 Å². The standard InChI is InChI=1S/C25H27N9O6S/c1-31-19-20(28-24(31)41(3,39)40)33(25(38)32(2)23(19)37)11-17-12-34(30-29-17)18-9-15(26-21(35)13-4-5-13)8-16(10-18)27-22(36)14-6-7-14/h8-10,12-14H,4-7,11H2,1-3H3,(H,26,35)(H,27,36). The van der Waals surface area contributed by atoms with Crippen LogP contribution in [0.15, 0.2) is 39.1 Å². The minimum absolute atomic E-state index is 0.0204. The van der Waals surface area contributed by atoms with E-state index in [1.54, 1.807) is 24.4 Å². The van der Waals surface area contributed by atoms with Gasteiger partial charge in [0.2, 0.25) is 26.8 Å². The largest absolute Gasteiger partial charge is 0.332 e. The van der Waals surface area contributed by atoms with Gasteiger partial charge in [0.25, 0.3) is 5.56 Å². The average Bonchev–Trinajstić information content (AvgIpc) is 3.84. The van der Waals surface area contributed by atoms with Gasteiger partial charge >= 0.3 is 5.69 Å². The molecule has 2 aliphatic rings. The second-order valence-electron chi connectivity index (χ2n) is 10.6. The fourth-order valence-corrected chi connectivity index (χ4v) is 5.45. The molecule has 41 heavy (non-hydrogen) atoms. The Bertz CT molecular complexity index is 1930. The van der Waals surface area contributed by atoms with E-state index in [0.29, 0.717) is 22.8 Å². The molecular formula is C25H27N9O6S. The molecule has 1 aromatic carbocycles. The molecule has 2 fully saturated rings. The molecule has 2 N–H and O–H groups in total. The van der Waals surface area contributed by atoms with Crippen LogP contribution in [0.25, 0.3) is 16.9 Å². The van der Waals surface area contributed by atoms with Crippen molar-refractivity contribution >= 4 is 44.2 Å². The van der Waals surface area contributed by atoms with Crippen LogP contribution in [-0.4, -0.2) is 60.2 Å². The van der Waals surface area contributed by atoms with E-state index in [9.17, 15) is 27.6 Å². The molecule has 2 aliphatic carbocycles. The highest BCUT2D eigenvalue weighted by Gasteiger charge is 2.31. The van der Waals surface area contributed by atoms with E-state index < -0.39 is 21.1 Å². The SMILES string of the molecule is Cn1c(=O)c2c(nc(S(C)(=O)=O)n2C)n(Cc2cn(-c3cc(NC(=O)C4CC4)cc(NC(=O)C4CC4)c3)nn2)c1=O. The smallest absolute Gasteiger partial charge is 0.326 e. The van der Waals surface area contributed by atoms with Gasteiger partial charge in [-0.1, -0.05) is 5.21 Å². The molecule has 3 aromatic heterocycles. The van der Waals surface area contributed by atoms with E-state index in [2.05, 4.69) is 25.9 Å². The minimum Gasteiger partial charge on any atom is -0.326 e. The van der Waals surface area contributed by atoms with Crippen molar-refractivity contribution in [2.45, 2.75) is 37.4 Å². The zero-order valence-corrected chi connectivity index (χ0v) is 23.3. The number of nitrogens with zero attached hydrogens (tertiary/aromatic N) is 7. The number of sulfone groups is 1. The second kappa shape index (κ2) is 9.50. The van der Waals surface area contributed by atoms with Gasteiger partial charge in [0.1, 0.15) is 5.69 Å². The number of aryl methyl sites for hydroxylation is 1. The van der Waals surface area contributed by atoms with Crippen LogP contribution in [-0.2, 0) is 40.1 Å². The summed E-state index contributed by atoms with van der Waals surface area (Å²) in [5.41, 5.74) is 0.264. The fourth-order valence-electron chi connectivity index (χ4n) is 4.61. The number of hydrogen-bond donors (Lipinski definition) is 2. The molecule has 214 valence electrons. The van der Waals surface area contributed by atoms with Crippen LogP contribution in [0.1, 0.15) is 31.4 Å². The molecule has 0 saturated heterocycles. The predicted octanol–water partition coefficient (Wildman–Crippen LogP) is 0.163. The third kappa shape index (κ3) is 5.05. The van der Waals surface area contributed by atoms with Crippen LogP contribution < -0.4 is 21.9 Å².